The molecule has 0 aromatic carbocycles. The second-order valence-electron chi connectivity index (χ2n) is 2.75. The molecule has 0 fully saturated rings. The van der Waals surface area contributed by atoms with Crippen LogP contribution in [0.4, 0.5) is 0 Å². The molecule has 0 aliphatic carbocycles. The number of halogens is 1. The number of rotatable bonds is 5. The maximum atomic E-state index is 5.07. The first kappa shape index (κ1) is 12.0. The molecule has 0 radical (unpaired) electrons. The largest absolute Gasteiger partial charge is 0.298 e. The van der Waals surface area contributed by atoms with Gasteiger partial charge in [-0.25, -0.2) is 0 Å². The lowest BCUT2D eigenvalue weighted by atomic mass is 10.6. The molecule has 0 aliphatic heterocycles. The molecule has 11 heavy (non-hydrogen) atoms. The van der Waals surface area contributed by atoms with E-state index in [1.54, 1.807) is 7.11 Å². The van der Waals surface area contributed by atoms with Crippen LogP contribution < -0.4 is 0 Å². The van der Waals surface area contributed by atoms with E-state index in [0.29, 0.717) is 0 Å². The lowest BCUT2D eigenvalue weighted by molar-refractivity contribution is -0.796. The van der Waals surface area contributed by atoms with Crippen LogP contribution in [0.2, 0.25) is 0 Å². The Morgan fingerprint density at radius 3 is 2.45 bits per heavy atom. The predicted octanol–water partition coefficient (Wildman–Crippen LogP) is 1.85. The molecule has 0 spiro atoms. The van der Waals surface area contributed by atoms with Crippen LogP contribution >= 0.6 is 28.4 Å². The Morgan fingerprint density at radius 2 is 2.18 bits per heavy atom. The van der Waals surface area contributed by atoms with Gasteiger partial charge in [-0.1, -0.05) is 0 Å². The van der Waals surface area contributed by atoms with Gasteiger partial charge in [0.25, 0.3) is 0 Å². The van der Waals surface area contributed by atoms with Crippen LogP contribution in [-0.4, -0.2) is 43.7 Å². The average molecular weight is 291 g/mol. The number of hydrogen-bond acceptors (Lipinski definition) is 2. The van der Waals surface area contributed by atoms with E-state index in [9.17, 15) is 0 Å². The van der Waals surface area contributed by atoms with E-state index in [4.69, 9.17) is 4.84 Å². The fourth-order valence-corrected chi connectivity index (χ4v) is 2.54. The molecule has 3 nitrogen and oxygen atoms in total. The zero-order valence-corrected chi connectivity index (χ0v) is 10.8. The maximum absolute atomic E-state index is 5.07. The second-order valence-corrected chi connectivity index (χ2v) is 5.44. The van der Waals surface area contributed by atoms with Crippen LogP contribution in [0.25, 0.3) is 0 Å². The van der Waals surface area contributed by atoms with Gasteiger partial charge in [-0.2, -0.15) is 0 Å². The van der Waals surface area contributed by atoms with Crippen molar-refractivity contribution in [3.63, 3.8) is 0 Å². The molecule has 0 saturated carbocycles. The molecule has 68 valence electrons. The van der Waals surface area contributed by atoms with Gasteiger partial charge in [0.2, 0.25) is 0 Å². The smallest absolute Gasteiger partial charge is 0.158 e. The summed E-state index contributed by atoms with van der Waals surface area (Å²) >= 11 is 2.43. The monoisotopic (exact) mass is 291 g/mol. The Bertz CT molecular complexity index is 111. The first-order valence-electron chi connectivity index (χ1n) is 3.55. The minimum absolute atomic E-state index is 0.883. The van der Waals surface area contributed by atoms with Gasteiger partial charge in [0.05, 0.1) is 20.7 Å². The van der Waals surface area contributed by atoms with Gasteiger partial charge in [-0.15, -0.1) is 5.06 Å². The van der Waals surface area contributed by atoms with E-state index >= 15 is 0 Å². The molecule has 0 N–H and O–H groups in total. The summed E-state index contributed by atoms with van der Waals surface area (Å²) in [5, 5.41) is 1.87. The zero-order valence-electron chi connectivity index (χ0n) is 7.59. The molecular weight excluding hydrogens is 274 g/mol. The van der Waals surface area contributed by atoms with Crippen LogP contribution in [0.15, 0.2) is 0 Å². The fourth-order valence-electron chi connectivity index (χ4n) is 0.684. The van der Waals surface area contributed by atoms with Crippen molar-refractivity contribution in [3.8, 4) is 0 Å². The Kier molecular flexibility index (Phi) is 6.18. The summed E-state index contributed by atoms with van der Waals surface area (Å²) in [5.74, 6) is 0. The van der Waals surface area contributed by atoms with E-state index in [1.165, 1.54) is 0 Å². The highest BCUT2D eigenvalue weighted by molar-refractivity contribution is 14.2. The zero-order chi connectivity index (χ0) is 8.91. The molecule has 0 aromatic rings. The SMILES string of the molecule is CC[N+](C)(CN(C)OC)PI. The van der Waals surface area contributed by atoms with Crippen molar-refractivity contribution in [3.05, 3.63) is 0 Å². The summed E-state index contributed by atoms with van der Waals surface area (Å²) in [6.45, 7) is 4.30. The third-order valence-corrected chi connectivity index (χ3v) is 6.08. The molecule has 0 aromatic heterocycles. The van der Waals surface area contributed by atoms with Gasteiger partial charge in [-0.3, -0.25) is 9.09 Å². The molecule has 2 unspecified atom stereocenters. The molecule has 0 amide bonds. The highest BCUT2D eigenvalue weighted by Crippen LogP contribution is 2.33. The van der Waals surface area contributed by atoms with E-state index in [0.717, 1.165) is 23.8 Å². The van der Waals surface area contributed by atoms with Crippen molar-refractivity contribution in [2.24, 2.45) is 0 Å². The Labute approximate surface area is 83.9 Å². The average Bonchev–Trinajstić information content (AvgIpc) is 2.04. The lowest BCUT2D eigenvalue weighted by Gasteiger charge is -2.33. The molecule has 2 atom stereocenters. The molecule has 0 rings (SSSR count). The third kappa shape index (κ3) is 4.58. The van der Waals surface area contributed by atoms with Crippen LogP contribution in [0.1, 0.15) is 6.92 Å². The van der Waals surface area contributed by atoms with E-state index < -0.39 is 0 Å². The van der Waals surface area contributed by atoms with Crippen LogP contribution in [0.3, 0.4) is 0 Å². The Morgan fingerprint density at radius 1 is 1.64 bits per heavy atom. The number of hydrogen-bond donors (Lipinski definition) is 0. The van der Waals surface area contributed by atoms with Gasteiger partial charge < -0.3 is 0 Å². The van der Waals surface area contributed by atoms with Crippen molar-refractivity contribution in [1.29, 1.82) is 0 Å². The highest BCUT2D eigenvalue weighted by Gasteiger charge is 2.19. The normalized spacial score (nSPS) is 18.0. The minimum Gasteiger partial charge on any atom is -0.298 e. The van der Waals surface area contributed by atoms with Gasteiger partial charge in [-0.05, 0) is 6.92 Å². The van der Waals surface area contributed by atoms with Crippen molar-refractivity contribution < 1.29 is 9.09 Å². The van der Waals surface area contributed by atoms with Crippen molar-refractivity contribution in [2.45, 2.75) is 6.92 Å². The van der Waals surface area contributed by atoms with Crippen LogP contribution in [-0.2, 0) is 4.84 Å². The third-order valence-electron chi connectivity index (χ3n) is 1.72. The maximum Gasteiger partial charge on any atom is 0.158 e. The van der Waals surface area contributed by atoms with E-state index in [2.05, 4.69) is 36.0 Å². The minimum atomic E-state index is 0.883. The molecule has 0 aliphatic rings. The summed E-state index contributed by atoms with van der Waals surface area (Å²) in [6, 6.07) is 0. The molecule has 5 heteroatoms. The standard InChI is InChI=1S/C6H17IN2OP/c1-5-9(3,11-7)6-8(2)10-4/h11H,5-6H2,1-4H3/q+1. The number of hydroxylamine groups is 2. The summed E-state index contributed by atoms with van der Waals surface area (Å²) in [7, 11) is 5.90. The summed E-state index contributed by atoms with van der Waals surface area (Å²) in [6.07, 6.45) is 0.883. The van der Waals surface area contributed by atoms with Crippen molar-refractivity contribution >= 4 is 28.4 Å². The van der Waals surface area contributed by atoms with Gasteiger partial charge in [0, 0.05) is 29.1 Å². The van der Waals surface area contributed by atoms with Crippen molar-refractivity contribution in [2.75, 3.05) is 34.4 Å². The van der Waals surface area contributed by atoms with Gasteiger partial charge in [0.15, 0.2) is 13.0 Å². The topological polar surface area (TPSA) is 12.5 Å². The summed E-state index contributed by atoms with van der Waals surface area (Å²) in [5.41, 5.74) is 0. The summed E-state index contributed by atoms with van der Waals surface area (Å²) < 4.78 is 1.05. The van der Waals surface area contributed by atoms with Crippen LogP contribution in [0.5, 0.6) is 0 Å². The fraction of sp³-hybridized carbons (Fsp3) is 1.00. The predicted molar refractivity (Wildman–Crippen MR) is 58.7 cm³/mol. The van der Waals surface area contributed by atoms with Gasteiger partial charge in [0.1, 0.15) is 0 Å². The first-order valence-corrected chi connectivity index (χ1v) is 7.62. The Hall–Kier alpha value is 1.04. The number of nitrogens with zero attached hydrogens (tertiary/aromatic N) is 2. The lowest BCUT2D eigenvalue weighted by Crippen LogP contribution is -2.42. The second kappa shape index (κ2) is 5.65. The summed E-state index contributed by atoms with van der Waals surface area (Å²) in [4.78, 5) is 5.07. The van der Waals surface area contributed by atoms with E-state index in [1.807, 2.05) is 12.1 Å². The van der Waals surface area contributed by atoms with E-state index in [-0.39, 0.29) is 0 Å². The van der Waals surface area contributed by atoms with Crippen molar-refractivity contribution in [1.82, 2.24) is 5.06 Å². The highest BCUT2D eigenvalue weighted by atomic mass is 127. The Balaban J connectivity index is 3.86. The number of quaternary nitrogens is 1. The van der Waals surface area contributed by atoms with Gasteiger partial charge >= 0.3 is 0 Å². The molecule has 0 bridgehead atoms. The van der Waals surface area contributed by atoms with Crippen LogP contribution in [0, 0.1) is 0 Å². The molecule has 0 heterocycles. The quantitative estimate of drug-likeness (QED) is 0.332. The molecule has 0 saturated heterocycles. The first-order chi connectivity index (χ1) is 5.08. The molecular formula is C6H17IN2OP+.